The van der Waals surface area contributed by atoms with E-state index in [4.69, 9.17) is 16.3 Å². The van der Waals surface area contributed by atoms with Crippen LogP contribution in [0.1, 0.15) is 15.9 Å². The molecule has 0 aliphatic rings. The van der Waals surface area contributed by atoms with Crippen molar-refractivity contribution >= 4 is 23.7 Å². The number of methoxy groups -OCH3 is 1. The van der Waals surface area contributed by atoms with Crippen molar-refractivity contribution < 1.29 is 9.53 Å². The summed E-state index contributed by atoms with van der Waals surface area (Å²) in [5, 5.41) is 4.49. The maximum absolute atomic E-state index is 12.0. The molecule has 6 heteroatoms. The molecule has 3 aromatic rings. The largest absolute Gasteiger partial charge is 0.497 e. The Morgan fingerprint density at radius 3 is 2.72 bits per heavy atom. The predicted octanol–water partition coefficient (Wildman–Crippen LogP) is 3.90. The molecule has 3 rings (SSSR count). The molecule has 0 bridgehead atoms. The van der Waals surface area contributed by atoms with Crippen molar-refractivity contribution in [3.63, 3.8) is 0 Å². The molecule has 126 valence electrons. The Morgan fingerprint density at radius 2 is 2.00 bits per heavy atom. The van der Waals surface area contributed by atoms with E-state index in [1.165, 1.54) is 0 Å². The number of aromatic nitrogens is 1. The number of hydrogen-bond acceptors (Lipinski definition) is 3. The third kappa shape index (κ3) is 4.28. The molecule has 1 amide bonds. The van der Waals surface area contributed by atoms with E-state index in [1.807, 2.05) is 47.3 Å². The Bertz CT molecular complexity index is 901. The van der Waals surface area contributed by atoms with Gasteiger partial charge in [0.25, 0.3) is 5.91 Å². The minimum atomic E-state index is -0.312. The normalized spacial score (nSPS) is 10.8. The van der Waals surface area contributed by atoms with Crippen molar-refractivity contribution in [1.82, 2.24) is 9.99 Å². The first kappa shape index (κ1) is 16.8. The van der Waals surface area contributed by atoms with Gasteiger partial charge in [-0.1, -0.05) is 17.7 Å². The zero-order chi connectivity index (χ0) is 17.6. The molecule has 1 heterocycles. The maximum Gasteiger partial charge on any atom is 0.271 e. The SMILES string of the molecule is COc1ccc(-n2ccc(/C=N\NC(=O)c3cccc(Cl)c3)c2)cc1. The van der Waals surface area contributed by atoms with E-state index in [9.17, 15) is 4.79 Å². The van der Waals surface area contributed by atoms with E-state index in [0.29, 0.717) is 10.6 Å². The zero-order valence-corrected chi connectivity index (χ0v) is 14.3. The van der Waals surface area contributed by atoms with Gasteiger partial charge in [-0.3, -0.25) is 4.79 Å². The quantitative estimate of drug-likeness (QED) is 0.558. The number of ether oxygens (including phenoxy) is 1. The summed E-state index contributed by atoms with van der Waals surface area (Å²) in [4.78, 5) is 12.0. The summed E-state index contributed by atoms with van der Waals surface area (Å²) in [5.74, 6) is 0.495. The number of halogens is 1. The summed E-state index contributed by atoms with van der Waals surface area (Å²) in [5.41, 5.74) is 4.81. The van der Waals surface area contributed by atoms with E-state index < -0.39 is 0 Å². The van der Waals surface area contributed by atoms with Gasteiger partial charge >= 0.3 is 0 Å². The minimum absolute atomic E-state index is 0.312. The van der Waals surface area contributed by atoms with Crippen molar-refractivity contribution in [3.8, 4) is 11.4 Å². The lowest BCUT2D eigenvalue weighted by atomic mass is 10.2. The van der Waals surface area contributed by atoms with Crippen LogP contribution in [-0.4, -0.2) is 23.8 Å². The highest BCUT2D eigenvalue weighted by Crippen LogP contribution is 2.15. The van der Waals surface area contributed by atoms with Crippen LogP contribution in [0, 0.1) is 0 Å². The van der Waals surface area contributed by atoms with E-state index >= 15 is 0 Å². The minimum Gasteiger partial charge on any atom is -0.497 e. The summed E-state index contributed by atoms with van der Waals surface area (Å²) in [6, 6.07) is 16.3. The predicted molar refractivity (Wildman–Crippen MR) is 98.8 cm³/mol. The number of carbonyl (C=O) groups is 1. The van der Waals surface area contributed by atoms with Crippen molar-refractivity contribution in [2.24, 2.45) is 5.10 Å². The average Bonchev–Trinajstić information content (AvgIpc) is 3.10. The molecule has 0 unspecified atom stereocenters. The monoisotopic (exact) mass is 353 g/mol. The van der Waals surface area contributed by atoms with Crippen molar-refractivity contribution in [1.29, 1.82) is 0 Å². The summed E-state index contributed by atoms with van der Waals surface area (Å²) >= 11 is 5.87. The molecular weight excluding hydrogens is 338 g/mol. The Labute approximate surface area is 150 Å². The highest BCUT2D eigenvalue weighted by molar-refractivity contribution is 6.30. The molecule has 25 heavy (non-hydrogen) atoms. The molecule has 1 N–H and O–H groups in total. The molecule has 5 nitrogen and oxygen atoms in total. The van der Waals surface area contributed by atoms with Crippen LogP contribution in [0.25, 0.3) is 5.69 Å². The van der Waals surface area contributed by atoms with Crippen LogP contribution in [0.15, 0.2) is 72.1 Å². The van der Waals surface area contributed by atoms with Gasteiger partial charge in [-0.05, 0) is 48.5 Å². The number of amides is 1. The molecule has 0 spiro atoms. The number of carbonyl (C=O) groups excluding carboxylic acids is 1. The van der Waals surface area contributed by atoms with Gasteiger partial charge in [-0.25, -0.2) is 5.43 Å². The summed E-state index contributed by atoms with van der Waals surface area (Å²) in [6.45, 7) is 0. The average molecular weight is 354 g/mol. The Kier molecular flexibility index (Phi) is 5.16. The molecule has 2 aromatic carbocycles. The molecule has 0 aliphatic heterocycles. The first-order valence-corrected chi connectivity index (χ1v) is 7.95. The smallest absolute Gasteiger partial charge is 0.271 e. The number of nitrogens with one attached hydrogen (secondary N) is 1. The van der Waals surface area contributed by atoms with Gasteiger partial charge in [0.15, 0.2) is 0 Å². The van der Waals surface area contributed by atoms with E-state index in [1.54, 1.807) is 37.6 Å². The van der Waals surface area contributed by atoms with Gasteiger partial charge in [0.1, 0.15) is 5.75 Å². The van der Waals surface area contributed by atoms with Crippen molar-refractivity contribution in [2.45, 2.75) is 0 Å². The second-order valence-electron chi connectivity index (χ2n) is 5.26. The number of rotatable bonds is 5. The van der Waals surface area contributed by atoms with E-state index in [2.05, 4.69) is 10.5 Å². The van der Waals surface area contributed by atoms with E-state index in [0.717, 1.165) is 17.0 Å². The van der Waals surface area contributed by atoms with Crippen molar-refractivity contribution in [3.05, 3.63) is 83.1 Å². The van der Waals surface area contributed by atoms with Crippen LogP contribution < -0.4 is 10.2 Å². The van der Waals surface area contributed by atoms with Crippen LogP contribution >= 0.6 is 11.6 Å². The lowest BCUT2D eigenvalue weighted by molar-refractivity contribution is 0.0955. The highest BCUT2D eigenvalue weighted by Gasteiger charge is 2.04. The molecule has 0 atom stereocenters. The molecule has 0 radical (unpaired) electrons. The van der Waals surface area contributed by atoms with Crippen LogP contribution in [0.2, 0.25) is 5.02 Å². The summed E-state index contributed by atoms with van der Waals surface area (Å²) < 4.78 is 7.11. The maximum atomic E-state index is 12.0. The zero-order valence-electron chi connectivity index (χ0n) is 13.5. The topological polar surface area (TPSA) is 55.6 Å². The van der Waals surface area contributed by atoms with Gasteiger partial charge in [0.2, 0.25) is 0 Å². The van der Waals surface area contributed by atoms with Gasteiger partial charge in [-0.2, -0.15) is 5.10 Å². The number of nitrogens with zero attached hydrogens (tertiary/aromatic N) is 2. The number of hydrazone groups is 1. The Hall–Kier alpha value is -3.05. The fraction of sp³-hybridized carbons (Fsp3) is 0.0526. The van der Waals surface area contributed by atoms with E-state index in [-0.39, 0.29) is 5.91 Å². The Morgan fingerprint density at radius 1 is 1.20 bits per heavy atom. The number of hydrogen-bond donors (Lipinski definition) is 1. The summed E-state index contributed by atoms with van der Waals surface area (Å²) in [7, 11) is 1.64. The molecule has 0 aliphatic carbocycles. The van der Waals surface area contributed by atoms with Crippen LogP contribution in [-0.2, 0) is 0 Å². The molecule has 1 aromatic heterocycles. The van der Waals surface area contributed by atoms with Gasteiger partial charge in [-0.15, -0.1) is 0 Å². The van der Waals surface area contributed by atoms with Gasteiger partial charge in [0, 0.05) is 34.2 Å². The highest BCUT2D eigenvalue weighted by atomic mass is 35.5. The first-order valence-electron chi connectivity index (χ1n) is 7.57. The first-order chi connectivity index (χ1) is 12.2. The lowest BCUT2D eigenvalue weighted by Gasteiger charge is -2.04. The van der Waals surface area contributed by atoms with Gasteiger partial charge in [0.05, 0.1) is 13.3 Å². The second kappa shape index (κ2) is 7.68. The molecular formula is C19H16ClN3O2. The van der Waals surface area contributed by atoms with Crippen LogP contribution in [0.5, 0.6) is 5.75 Å². The lowest BCUT2D eigenvalue weighted by Crippen LogP contribution is -2.17. The van der Waals surface area contributed by atoms with Crippen LogP contribution in [0.4, 0.5) is 0 Å². The molecule has 0 saturated heterocycles. The van der Waals surface area contributed by atoms with Crippen LogP contribution in [0.3, 0.4) is 0 Å². The molecule has 0 fully saturated rings. The third-order valence-corrected chi connectivity index (χ3v) is 3.79. The standard InChI is InChI=1S/C19H16ClN3O2/c1-25-18-7-5-17(6-8-18)23-10-9-14(13-23)12-21-22-19(24)15-3-2-4-16(20)11-15/h2-13H,1H3,(H,22,24)/b21-12-. The van der Waals surface area contributed by atoms with Gasteiger partial charge < -0.3 is 9.30 Å². The number of benzene rings is 2. The summed E-state index contributed by atoms with van der Waals surface area (Å²) in [6.07, 6.45) is 5.42. The second-order valence-corrected chi connectivity index (χ2v) is 5.70. The molecule has 0 saturated carbocycles. The third-order valence-electron chi connectivity index (χ3n) is 3.55. The fourth-order valence-corrected chi connectivity index (χ4v) is 2.45. The Balaban J connectivity index is 1.64. The fourth-order valence-electron chi connectivity index (χ4n) is 2.26. The van der Waals surface area contributed by atoms with Crippen molar-refractivity contribution in [2.75, 3.05) is 7.11 Å².